The van der Waals surface area contributed by atoms with Gasteiger partial charge in [0, 0.05) is 12.6 Å². The van der Waals surface area contributed by atoms with Gasteiger partial charge in [-0.25, -0.2) is 4.39 Å². The van der Waals surface area contributed by atoms with Crippen LogP contribution in [0.4, 0.5) is 10.2 Å². The fourth-order valence-electron chi connectivity index (χ4n) is 2.48. The Morgan fingerprint density at radius 3 is 2.62 bits per heavy atom. The molecule has 24 heavy (non-hydrogen) atoms. The molecule has 5 nitrogen and oxygen atoms in total. The molecule has 1 amide bonds. The molecule has 0 bridgehead atoms. The minimum absolute atomic E-state index is 0.139. The highest BCUT2D eigenvalue weighted by atomic mass is 19.1. The van der Waals surface area contributed by atoms with Gasteiger partial charge in [-0.1, -0.05) is 36.4 Å². The van der Waals surface area contributed by atoms with Crippen molar-refractivity contribution >= 4 is 11.7 Å². The molecule has 0 aliphatic rings. The summed E-state index contributed by atoms with van der Waals surface area (Å²) in [5.41, 5.74) is 1.52. The first-order chi connectivity index (χ1) is 11.6. The quantitative estimate of drug-likeness (QED) is 0.799. The summed E-state index contributed by atoms with van der Waals surface area (Å²) in [7, 11) is 3.10. The van der Waals surface area contributed by atoms with Crippen LogP contribution in [0.2, 0.25) is 0 Å². The van der Waals surface area contributed by atoms with E-state index < -0.39 is 11.7 Å². The van der Waals surface area contributed by atoms with Gasteiger partial charge in [-0.3, -0.25) is 9.48 Å². The molecule has 3 rings (SSSR count). The molecule has 3 aromatic rings. The zero-order chi connectivity index (χ0) is 17.1. The first-order valence-corrected chi connectivity index (χ1v) is 7.33. The summed E-state index contributed by atoms with van der Waals surface area (Å²) < 4.78 is 20.7. The van der Waals surface area contributed by atoms with Crippen molar-refractivity contribution in [2.24, 2.45) is 7.05 Å². The number of carbonyl (C=O) groups excluding carboxylic acids is 1. The summed E-state index contributed by atoms with van der Waals surface area (Å²) in [5, 5.41) is 6.91. The van der Waals surface area contributed by atoms with Crippen molar-refractivity contribution in [3.8, 4) is 16.9 Å². The number of nitrogens with one attached hydrogen (secondary N) is 1. The number of ether oxygens (including phenoxy) is 1. The number of benzene rings is 2. The van der Waals surface area contributed by atoms with Crippen molar-refractivity contribution in [1.82, 2.24) is 9.78 Å². The second-order valence-electron chi connectivity index (χ2n) is 5.17. The predicted molar refractivity (Wildman–Crippen MR) is 89.5 cm³/mol. The fourth-order valence-corrected chi connectivity index (χ4v) is 2.48. The van der Waals surface area contributed by atoms with Crippen molar-refractivity contribution in [3.05, 3.63) is 66.1 Å². The molecule has 1 heterocycles. The molecule has 122 valence electrons. The molecule has 0 radical (unpaired) electrons. The Kier molecular flexibility index (Phi) is 4.29. The van der Waals surface area contributed by atoms with E-state index >= 15 is 0 Å². The lowest BCUT2D eigenvalue weighted by Crippen LogP contribution is -2.17. The molecule has 0 saturated carbocycles. The lowest BCUT2D eigenvalue weighted by Gasteiger charge is -2.12. The number of aromatic nitrogens is 2. The van der Waals surface area contributed by atoms with Crippen molar-refractivity contribution in [2.75, 3.05) is 12.4 Å². The summed E-state index contributed by atoms with van der Waals surface area (Å²) in [6, 6.07) is 13.8. The van der Waals surface area contributed by atoms with Gasteiger partial charge in [0.25, 0.3) is 5.91 Å². The Labute approximate surface area is 138 Å². The number of carbonyl (C=O) groups is 1. The van der Waals surface area contributed by atoms with E-state index in [4.69, 9.17) is 4.74 Å². The van der Waals surface area contributed by atoms with Crippen molar-refractivity contribution in [3.63, 3.8) is 0 Å². The minimum Gasteiger partial charge on any atom is -0.496 e. The molecule has 6 heteroatoms. The molecule has 1 aromatic heterocycles. The van der Waals surface area contributed by atoms with Gasteiger partial charge in [0.05, 0.1) is 13.3 Å². The van der Waals surface area contributed by atoms with E-state index in [0.29, 0.717) is 5.82 Å². The molecule has 0 atom stereocenters. The Morgan fingerprint density at radius 2 is 1.92 bits per heavy atom. The van der Waals surface area contributed by atoms with E-state index in [0.717, 1.165) is 11.1 Å². The fraction of sp³-hybridized carbons (Fsp3) is 0.111. The second-order valence-corrected chi connectivity index (χ2v) is 5.17. The van der Waals surface area contributed by atoms with E-state index in [1.807, 2.05) is 30.3 Å². The zero-order valence-corrected chi connectivity index (χ0v) is 13.3. The molecule has 0 aliphatic carbocycles. The molecule has 0 unspecified atom stereocenters. The van der Waals surface area contributed by atoms with Gasteiger partial charge in [-0.05, 0) is 17.7 Å². The maximum atomic E-state index is 14.1. The van der Waals surface area contributed by atoms with Crippen LogP contribution >= 0.6 is 0 Å². The lowest BCUT2D eigenvalue weighted by atomic mass is 10.1. The van der Waals surface area contributed by atoms with Crippen LogP contribution in [0.5, 0.6) is 5.75 Å². The first kappa shape index (κ1) is 15.7. The number of anilines is 1. The number of rotatable bonds is 4. The smallest absolute Gasteiger partial charge is 0.263 e. The number of nitrogens with zero attached hydrogens (tertiary/aromatic N) is 2. The Morgan fingerprint density at radius 1 is 1.17 bits per heavy atom. The summed E-state index contributed by atoms with van der Waals surface area (Å²) in [4.78, 5) is 12.6. The Bertz CT molecular complexity index is 875. The van der Waals surface area contributed by atoms with Gasteiger partial charge in [-0.2, -0.15) is 5.10 Å². The van der Waals surface area contributed by atoms with E-state index in [1.54, 1.807) is 19.3 Å². The van der Waals surface area contributed by atoms with Crippen LogP contribution in [0.25, 0.3) is 11.1 Å². The summed E-state index contributed by atoms with van der Waals surface area (Å²) in [5.74, 6) is -0.576. The highest BCUT2D eigenvalue weighted by molar-refractivity contribution is 6.07. The van der Waals surface area contributed by atoms with Gasteiger partial charge in [0.15, 0.2) is 0 Å². The highest BCUT2D eigenvalue weighted by Gasteiger charge is 2.20. The van der Waals surface area contributed by atoms with E-state index in [1.165, 1.54) is 23.9 Å². The van der Waals surface area contributed by atoms with Crippen LogP contribution in [0.1, 0.15) is 10.4 Å². The van der Waals surface area contributed by atoms with E-state index in [2.05, 4.69) is 10.4 Å². The van der Waals surface area contributed by atoms with Crippen LogP contribution in [0.15, 0.2) is 54.7 Å². The average Bonchev–Trinajstić information content (AvgIpc) is 2.96. The first-order valence-electron chi connectivity index (χ1n) is 7.33. The molecular weight excluding hydrogens is 309 g/mol. The maximum absolute atomic E-state index is 14.1. The monoisotopic (exact) mass is 325 g/mol. The summed E-state index contributed by atoms with van der Waals surface area (Å²) in [6.45, 7) is 0. The Hall–Kier alpha value is -3.15. The molecule has 0 saturated heterocycles. The largest absolute Gasteiger partial charge is 0.496 e. The number of aryl methyl sites for hydroxylation is 1. The van der Waals surface area contributed by atoms with Gasteiger partial charge < -0.3 is 10.1 Å². The van der Waals surface area contributed by atoms with Gasteiger partial charge >= 0.3 is 0 Å². The Balaban J connectivity index is 1.98. The van der Waals surface area contributed by atoms with Crippen LogP contribution in [-0.2, 0) is 7.05 Å². The van der Waals surface area contributed by atoms with Crippen molar-refractivity contribution in [1.29, 1.82) is 0 Å². The average molecular weight is 325 g/mol. The standard InChI is InChI=1S/C18H16FN3O2/c1-22-17(13(11-20-22)12-7-4-3-5-8-12)21-18(23)16-14(19)9-6-10-15(16)24-2/h3-11H,1-2H3,(H,21,23). The minimum atomic E-state index is -0.643. The number of halogens is 1. The van der Waals surface area contributed by atoms with E-state index in [9.17, 15) is 9.18 Å². The number of amides is 1. The topological polar surface area (TPSA) is 56.1 Å². The number of methoxy groups -OCH3 is 1. The van der Waals surface area contributed by atoms with Gasteiger partial charge in [0.1, 0.15) is 22.9 Å². The highest BCUT2D eigenvalue weighted by Crippen LogP contribution is 2.29. The van der Waals surface area contributed by atoms with E-state index in [-0.39, 0.29) is 11.3 Å². The third-order valence-electron chi connectivity index (χ3n) is 3.68. The third kappa shape index (κ3) is 2.86. The van der Waals surface area contributed by atoms with Crippen LogP contribution in [0, 0.1) is 5.82 Å². The molecule has 0 fully saturated rings. The second kappa shape index (κ2) is 6.54. The molecule has 1 N–H and O–H groups in total. The number of hydrogen-bond donors (Lipinski definition) is 1. The van der Waals surface area contributed by atoms with Crippen molar-refractivity contribution in [2.45, 2.75) is 0 Å². The molecule has 2 aromatic carbocycles. The summed E-state index contributed by atoms with van der Waals surface area (Å²) in [6.07, 6.45) is 1.66. The zero-order valence-electron chi connectivity index (χ0n) is 13.3. The van der Waals surface area contributed by atoms with Crippen molar-refractivity contribution < 1.29 is 13.9 Å². The summed E-state index contributed by atoms with van der Waals surface area (Å²) >= 11 is 0. The molecule has 0 spiro atoms. The predicted octanol–water partition coefficient (Wildman–Crippen LogP) is 3.49. The lowest BCUT2D eigenvalue weighted by molar-refractivity contribution is 0.101. The number of hydrogen-bond acceptors (Lipinski definition) is 3. The third-order valence-corrected chi connectivity index (χ3v) is 3.68. The van der Waals surface area contributed by atoms with Crippen LogP contribution in [-0.4, -0.2) is 22.8 Å². The molecule has 0 aliphatic heterocycles. The normalized spacial score (nSPS) is 10.5. The SMILES string of the molecule is COc1cccc(F)c1C(=O)Nc1c(-c2ccccc2)cnn1C. The molecular formula is C18H16FN3O2. The van der Waals surface area contributed by atoms with Crippen LogP contribution in [0.3, 0.4) is 0 Å². The van der Waals surface area contributed by atoms with Gasteiger partial charge in [-0.15, -0.1) is 0 Å². The van der Waals surface area contributed by atoms with Gasteiger partial charge in [0.2, 0.25) is 0 Å². The van der Waals surface area contributed by atoms with Crippen LogP contribution < -0.4 is 10.1 Å². The maximum Gasteiger partial charge on any atom is 0.263 e.